The van der Waals surface area contributed by atoms with Crippen LogP contribution in [-0.2, 0) is 85.7 Å². The molecule has 1 saturated carbocycles. The first-order valence-corrected chi connectivity index (χ1v) is 32.4. The summed E-state index contributed by atoms with van der Waals surface area (Å²) in [6.45, 7) is 16.5. The number of aliphatic hydroxyl groups is 2. The highest BCUT2D eigenvalue weighted by molar-refractivity contribution is 6.39. The second-order valence-corrected chi connectivity index (χ2v) is 24.6. The van der Waals surface area contributed by atoms with Crippen LogP contribution in [0.15, 0.2) is 47.6 Å². The Morgan fingerprint density at radius 2 is 1.39 bits per heavy atom. The number of allylic oxidation sites excluding steroid dienone is 6. The van der Waals surface area contributed by atoms with Gasteiger partial charge in [0.15, 0.2) is 5.78 Å². The van der Waals surface area contributed by atoms with Crippen molar-refractivity contribution in [2.24, 2.45) is 35.5 Å². The van der Waals surface area contributed by atoms with Crippen molar-refractivity contribution in [1.29, 1.82) is 0 Å². The van der Waals surface area contributed by atoms with E-state index in [0.29, 0.717) is 149 Å². The Morgan fingerprint density at radius 1 is 0.742 bits per heavy atom. The zero-order valence-electron chi connectivity index (χ0n) is 55.1. The molecular weight excluding hydrogens is 1150 g/mol. The summed E-state index contributed by atoms with van der Waals surface area (Å²) in [4.78, 5) is 97.2. The lowest BCUT2D eigenvalue weighted by molar-refractivity contribution is -0.265. The van der Waals surface area contributed by atoms with Gasteiger partial charge in [0.1, 0.15) is 36.2 Å². The lowest BCUT2D eigenvalue weighted by Crippen LogP contribution is -2.61. The number of esters is 2. The van der Waals surface area contributed by atoms with E-state index in [-0.39, 0.29) is 61.1 Å². The number of carbonyl (C=O) groups is 7. The fraction of sp³-hybridized carbons (Fsp3) is 0.776. The molecule has 0 spiro atoms. The van der Waals surface area contributed by atoms with Crippen LogP contribution >= 0.6 is 0 Å². The first kappa shape index (κ1) is 76.9. The molecule has 22 heteroatoms. The number of aliphatic hydroxyl groups excluding tert-OH is 1. The summed E-state index contributed by atoms with van der Waals surface area (Å²) >= 11 is 0. The van der Waals surface area contributed by atoms with Gasteiger partial charge in [0.05, 0.1) is 77.8 Å². The summed E-state index contributed by atoms with van der Waals surface area (Å²) in [6.07, 6.45) is 11.3. The van der Waals surface area contributed by atoms with Gasteiger partial charge in [-0.3, -0.25) is 28.8 Å². The van der Waals surface area contributed by atoms with Crippen molar-refractivity contribution < 1.29 is 95.9 Å². The van der Waals surface area contributed by atoms with Crippen molar-refractivity contribution >= 4 is 41.1 Å². The average molecular weight is 1260 g/mol. The molecule has 3 fully saturated rings. The molecule has 0 aromatic rings. The molecule has 2 saturated heterocycles. The molecule has 0 radical (unpaired) electrons. The van der Waals surface area contributed by atoms with Crippen LogP contribution < -0.4 is 5.32 Å². The number of Topliss-reactive ketones (excluding diaryl/α,β-unsaturated/α-hetero) is 3. The van der Waals surface area contributed by atoms with E-state index in [1.54, 1.807) is 55.0 Å². The van der Waals surface area contributed by atoms with E-state index in [9.17, 15) is 43.8 Å². The summed E-state index contributed by atoms with van der Waals surface area (Å²) in [5.41, 5.74) is 1.22. The Balaban J connectivity index is 1.42. The highest BCUT2D eigenvalue weighted by Crippen LogP contribution is 2.38. The molecule has 3 heterocycles. The quantitative estimate of drug-likeness (QED) is 0.0350. The average Bonchev–Trinajstić information content (AvgIpc) is 1.13. The fourth-order valence-corrected chi connectivity index (χ4v) is 12.1. The minimum absolute atomic E-state index is 0.00795. The van der Waals surface area contributed by atoms with Gasteiger partial charge in [0.25, 0.3) is 11.7 Å². The van der Waals surface area contributed by atoms with Crippen LogP contribution in [0.4, 0.5) is 0 Å². The van der Waals surface area contributed by atoms with Crippen molar-refractivity contribution in [3.8, 4) is 0 Å². The molecule has 0 aromatic heterocycles. The zero-order valence-corrected chi connectivity index (χ0v) is 55.1. The number of nitrogens with zero attached hydrogens (tertiary/aromatic N) is 1. The smallest absolute Gasteiger partial charge is 0.329 e. The van der Waals surface area contributed by atoms with E-state index in [1.807, 2.05) is 51.2 Å². The highest BCUT2D eigenvalue weighted by atomic mass is 16.6. The van der Waals surface area contributed by atoms with E-state index in [1.165, 1.54) is 12.0 Å². The third-order valence-corrected chi connectivity index (χ3v) is 17.6. The maximum absolute atomic E-state index is 14.7. The van der Waals surface area contributed by atoms with Crippen molar-refractivity contribution in [1.82, 2.24) is 10.2 Å². The minimum Gasteiger partial charge on any atom is -0.460 e. The van der Waals surface area contributed by atoms with Gasteiger partial charge >= 0.3 is 11.9 Å². The van der Waals surface area contributed by atoms with Gasteiger partial charge in [-0.2, -0.15) is 0 Å². The number of fused-ring (bicyclic) bond motifs is 3. The van der Waals surface area contributed by atoms with Crippen LogP contribution in [0, 0.1) is 35.5 Å². The molecule has 0 unspecified atom stereocenters. The standard InChI is InChI=1S/C67H108N2O20/c1-44-18-13-12-14-19-45(2)56(79-9)42-52-24-22-50(7)67(78,89-52)64(75)65(76)69-27-16-15-20-53(69)66(77)88-57(43-54(70)46(3)39-49(6)62(74)63(81-11)61(73)48(5)38-44)47(4)40-51-23-25-55(58(41-51)80-10)87-60(72)21-17-28-82-30-32-84-34-36-86-37-35-85-33-31-83-29-26-59(71)68-8/h12-14,18-19,39,44,46-48,50-53,55-58,62-63,74,78H,15-17,20-38,40-43H2,1-11H3,(H,68,71)/b14-12+,18-13+,45-19+,49-39+/t44-,46-,47-,48-,50-,51+,52+,53+,55-,56+,57+,58-,62-,63+,67-/m1/s1. The van der Waals surface area contributed by atoms with E-state index in [4.69, 9.17) is 52.1 Å². The van der Waals surface area contributed by atoms with Gasteiger partial charge in [0, 0.05) is 85.0 Å². The lowest BCUT2D eigenvalue weighted by Gasteiger charge is -2.42. The van der Waals surface area contributed by atoms with Crippen LogP contribution in [0.1, 0.15) is 145 Å². The van der Waals surface area contributed by atoms with Gasteiger partial charge in [-0.1, -0.05) is 71.1 Å². The molecule has 89 heavy (non-hydrogen) atoms. The Bertz CT molecular complexity index is 2320. The number of rotatable bonds is 26. The number of hydrogen-bond acceptors (Lipinski definition) is 20. The second kappa shape index (κ2) is 41.1. The summed E-state index contributed by atoms with van der Waals surface area (Å²) in [5, 5.41) is 26.2. The van der Waals surface area contributed by atoms with Gasteiger partial charge in [-0.25, -0.2) is 4.79 Å². The maximum Gasteiger partial charge on any atom is 0.329 e. The number of nitrogens with one attached hydrogen (secondary N) is 1. The molecule has 4 rings (SSSR count). The molecule has 2 amide bonds. The van der Waals surface area contributed by atoms with Crippen LogP contribution in [0.3, 0.4) is 0 Å². The SMILES string of the molecule is CNC(=O)CCOCCOCCOCCOCCOCCCC(=O)O[C@@H]1CC[C@@H](C[C@@H](C)[C@@H]2CC(=O)[C@H](C)/C=C(\C)[C@@H](O)[C@@H](OC)C(=O)[C@H](C)C[C@H](C)/C=C/C=C/C=C(\C)[C@@H](OC)C[C@@H]3CC[C@@H](C)[C@@](O)(O3)C(=O)C(=O)N3CCCC[C@H]3C(=O)O2)C[C@H]1OC. The van der Waals surface area contributed by atoms with E-state index >= 15 is 0 Å². The molecule has 4 aliphatic rings. The van der Waals surface area contributed by atoms with Crippen LogP contribution in [0.2, 0.25) is 0 Å². The molecule has 1 aliphatic carbocycles. The number of amides is 2. The minimum atomic E-state index is -2.47. The third kappa shape index (κ3) is 25.8. The van der Waals surface area contributed by atoms with Crippen molar-refractivity contribution in [3.63, 3.8) is 0 Å². The van der Waals surface area contributed by atoms with Gasteiger partial charge in [-0.15, -0.1) is 0 Å². The predicted octanol–water partition coefficient (Wildman–Crippen LogP) is 6.73. The molecule has 3 aliphatic heterocycles. The van der Waals surface area contributed by atoms with Crippen LogP contribution in [-0.4, -0.2) is 212 Å². The summed E-state index contributed by atoms with van der Waals surface area (Å²) in [7, 11) is 6.10. The van der Waals surface area contributed by atoms with Crippen LogP contribution in [0.5, 0.6) is 0 Å². The molecule has 22 nitrogen and oxygen atoms in total. The molecule has 506 valence electrons. The Hall–Kier alpha value is -4.59. The van der Waals surface area contributed by atoms with Gasteiger partial charge in [-0.05, 0) is 113 Å². The molecule has 0 aromatic carbocycles. The van der Waals surface area contributed by atoms with E-state index in [0.717, 1.165) is 5.57 Å². The van der Waals surface area contributed by atoms with Crippen molar-refractivity contribution in [2.45, 2.75) is 199 Å². The topological polar surface area (TPSA) is 277 Å². The zero-order chi connectivity index (χ0) is 65.5. The number of methoxy groups -OCH3 is 3. The summed E-state index contributed by atoms with van der Waals surface area (Å²) in [5.74, 6) is -8.92. The number of carbonyl (C=O) groups excluding carboxylic acids is 7. The summed E-state index contributed by atoms with van der Waals surface area (Å²) < 4.78 is 63.4. The van der Waals surface area contributed by atoms with Crippen LogP contribution in [0.25, 0.3) is 0 Å². The second-order valence-electron chi connectivity index (χ2n) is 24.6. The number of hydrogen-bond donors (Lipinski definition) is 3. The molecule has 3 N–H and O–H groups in total. The molecule has 15 atom stereocenters. The number of piperidine rings is 1. The Morgan fingerprint density at radius 3 is 2.02 bits per heavy atom. The predicted molar refractivity (Wildman–Crippen MR) is 331 cm³/mol. The number of ether oxygens (including phenoxy) is 11. The van der Waals surface area contributed by atoms with Gasteiger partial charge in [0.2, 0.25) is 11.7 Å². The molecule has 2 bridgehead atoms. The monoisotopic (exact) mass is 1260 g/mol. The number of cyclic esters (lactones) is 1. The fourth-order valence-electron chi connectivity index (χ4n) is 12.1. The maximum atomic E-state index is 14.7. The van der Waals surface area contributed by atoms with E-state index < -0.39 is 95.9 Å². The summed E-state index contributed by atoms with van der Waals surface area (Å²) in [6, 6.07) is -1.19. The normalized spacial score (nSPS) is 32.6. The number of ketones is 3. The largest absolute Gasteiger partial charge is 0.460 e. The van der Waals surface area contributed by atoms with Crippen molar-refractivity contribution in [3.05, 3.63) is 47.6 Å². The molecular formula is C67H108N2O20. The van der Waals surface area contributed by atoms with Crippen molar-refractivity contribution in [2.75, 3.05) is 101 Å². The highest BCUT2D eigenvalue weighted by Gasteiger charge is 2.53. The third-order valence-electron chi connectivity index (χ3n) is 17.6. The lowest BCUT2D eigenvalue weighted by atomic mass is 9.78. The Kier molecular flexibility index (Phi) is 35.5. The Labute approximate surface area is 528 Å². The van der Waals surface area contributed by atoms with E-state index in [2.05, 4.69) is 5.32 Å². The first-order valence-electron chi connectivity index (χ1n) is 32.4. The van der Waals surface area contributed by atoms with Gasteiger partial charge < -0.3 is 72.5 Å². The first-order chi connectivity index (χ1) is 42.6.